The highest BCUT2D eigenvalue weighted by atomic mass is 35.5. The standard InChI is InChI=1S/C10H11ClN2O3/c11-8-6-7(4-5-12-8)13-9(14)2-1-3-10(15)16/h4-6H,1-3H2,(H,15,16)(H,12,13,14). The van der Waals surface area contributed by atoms with Crippen LogP contribution in [0.15, 0.2) is 18.3 Å². The first-order valence-electron chi connectivity index (χ1n) is 4.71. The first-order valence-corrected chi connectivity index (χ1v) is 5.09. The number of carbonyl (C=O) groups is 2. The lowest BCUT2D eigenvalue weighted by molar-refractivity contribution is -0.137. The van der Waals surface area contributed by atoms with Crippen LogP contribution in [0.2, 0.25) is 5.15 Å². The van der Waals surface area contributed by atoms with Crippen LogP contribution >= 0.6 is 11.6 Å². The highest BCUT2D eigenvalue weighted by Gasteiger charge is 2.04. The third-order valence-corrected chi connectivity index (χ3v) is 2.01. The van der Waals surface area contributed by atoms with E-state index in [0.29, 0.717) is 17.3 Å². The number of halogens is 1. The molecule has 0 saturated carbocycles. The fourth-order valence-electron chi connectivity index (χ4n) is 1.10. The van der Waals surface area contributed by atoms with Gasteiger partial charge in [0.1, 0.15) is 5.15 Å². The largest absolute Gasteiger partial charge is 0.481 e. The summed E-state index contributed by atoms with van der Waals surface area (Å²) in [5, 5.41) is 11.3. The summed E-state index contributed by atoms with van der Waals surface area (Å²) in [5.41, 5.74) is 0.556. The number of amides is 1. The Hall–Kier alpha value is -1.62. The SMILES string of the molecule is O=C(O)CCCC(=O)Nc1ccnc(Cl)c1. The summed E-state index contributed by atoms with van der Waals surface area (Å²) < 4.78 is 0. The van der Waals surface area contributed by atoms with Gasteiger partial charge >= 0.3 is 5.97 Å². The molecule has 6 heteroatoms. The van der Waals surface area contributed by atoms with E-state index in [2.05, 4.69) is 10.3 Å². The maximum Gasteiger partial charge on any atom is 0.303 e. The molecule has 0 aliphatic carbocycles. The molecule has 1 heterocycles. The third kappa shape index (κ3) is 4.75. The van der Waals surface area contributed by atoms with Crippen LogP contribution < -0.4 is 5.32 Å². The Morgan fingerprint density at radius 1 is 1.44 bits per heavy atom. The summed E-state index contributed by atoms with van der Waals surface area (Å²) >= 11 is 5.63. The Labute approximate surface area is 97.4 Å². The van der Waals surface area contributed by atoms with Gasteiger partial charge in [0.25, 0.3) is 0 Å². The zero-order valence-electron chi connectivity index (χ0n) is 8.44. The number of hydrogen-bond acceptors (Lipinski definition) is 3. The molecule has 0 saturated heterocycles. The number of aromatic nitrogens is 1. The minimum atomic E-state index is -0.903. The summed E-state index contributed by atoms with van der Waals surface area (Å²) in [6.45, 7) is 0. The Morgan fingerprint density at radius 3 is 2.81 bits per heavy atom. The topological polar surface area (TPSA) is 79.3 Å². The number of carboxylic acid groups (broad SMARTS) is 1. The van der Waals surface area contributed by atoms with Gasteiger partial charge in [-0.25, -0.2) is 4.98 Å². The van der Waals surface area contributed by atoms with Crippen molar-refractivity contribution in [3.63, 3.8) is 0 Å². The minimum absolute atomic E-state index is 0.00940. The lowest BCUT2D eigenvalue weighted by atomic mass is 10.2. The molecule has 1 rings (SSSR count). The van der Waals surface area contributed by atoms with Gasteiger partial charge in [-0.05, 0) is 18.6 Å². The van der Waals surface area contributed by atoms with Crippen molar-refractivity contribution >= 4 is 29.2 Å². The molecule has 0 aliphatic heterocycles. The monoisotopic (exact) mass is 242 g/mol. The molecule has 0 unspecified atom stereocenters. The Kier molecular flexibility index (Phi) is 4.72. The molecule has 1 aromatic heterocycles. The zero-order valence-corrected chi connectivity index (χ0v) is 9.20. The Morgan fingerprint density at radius 2 is 2.19 bits per heavy atom. The van der Waals surface area contributed by atoms with Gasteiger partial charge in [0, 0.05) is 24.7 Å². The molecule has 2 N–H and O–H groups in total. The van der Waals surface area contributed by atoms with E-state index in [0.717, 1.165) is 0 Å². The maximum atomic E-state index is 11.3. The maximum absolute atomic E-state index is 11.3. The van der Waals surface area contributed by atoms with Crippen LogP contribution in [0.1, 0.15) is 19.3 Å². The lowest BCUT2D eigenvalue weighted by Gasteiger charge is -2.04. The van der Waals surface area contributed by atoms with Gasteiger partial charge < -0.3 is 10.4 Å². The number of hydrogen-bond donors (Lipinski definition) is 2. The first-order chi connectivity index (χ1) is 7.58. The second kappa shape index (κ2) is 6.07. The van der Waals surface area contributed by atoms with Crippen molar-refractivity contribution in [3.05, 3.63) is 23.5 Å². The average molecular weight is 243 g/mol. The van der Waals surface area contributed by atoms with Crippen LogP contribution in [0, 0.1) is 0 Å². The number of aliphatic carboxylic acids is 1. The van der Waals surface area contributed by atoms with Gasteiger partial charge in [-0.1, -0.05) is 11.6 Å². The zero-order chi connectivity index (χ0) is 12.0. The second-order valence-corrected chi connectivity index (χ2v) is 3.55. The van der Waals surface area contributed by atoms with Gasteiger partial charge in [-0.15, -0.1) is 0 Å². The molecule has 0 radical (unpaired) electrons. The van der Waals surface area contributed by atoms with Crippen LogP contribution in [-0.2, 0) is 9.59 Å². The molecule has 0 bridgehead atoms. The van der Waals surface area contributed by atoms with Crippen LogP contribution in [-0.4, -0.2) is 22.0 Å². The van der Waals surface area contributed by atoms with E-state index in [-0.39, 0.29) is 18.7 Å². The Balaban J connectivity index is 2.37. The number of pyridine rings is 1. The predicted molar refractivity (Wildman–Crippen MR) is 59.4 cm³/mol. The molecular formula is C10H11ClN2O3. The van der Waals surface area contributed by atoms with Crippen LogP contribution in [0.4, 0.5) is 5.69 Å². The van der Waals surface area contributed by atoms with E-state index in [1.54, 1.807) is 6.07 Å². The van der Waals surface area contributed by atoms with E-state index in [9.17, 15) is 9.59 Å². The number of anilines is 1. The van der Waals surface area contributed by atoms with Crippen molar-refractivity contribution in [2.45, 2.75) is 19.3 Å². The molecular weight excluding hydrogens is 232 g/mol. The fraction of sp³-hybridized carbons (Fsp3) is 0.300. The predicted octanol–water partition coefficient (Wildman–Crippen LogP) is 1.93. The van der Waals surface area contributed by atoms with E-state index in [1.165, 1.54) is 12.3 Å². The summed E-state index contributed by atoms with van der Waals surface area (Å²) in [7, 11) is 0. The molecule has 0 spiro atoms. The number of carbonyl (C=O) groups excluding carboxylic acids is 1. The van der Waals surface area contributed by atoms with Gasteiger partial charge in [0.2, 0.25) is 5.91 Å². The summed E-state index contributed by atoms with van der Waals surface area (Å²) in [6, 6.07) is 3.14. The van der Waals surface area contributed by atoms with Crippen molar-refractivity contribution in [3.8, 4) is 0 Å². The average Bonchev–Trinajstić information content (AvgIpc) is 2.16. The molecule has 1 aromatic rings. The lowest BCUT2D eigenvalue weighted by Crippen LogP contribution is -2.11. The summed E-state index contributed by atoms with van der Waals surface area (Å²) in [4.78, 5) is 25.3. The number of rotatable bonds is 5. The third-order valence-electron chi connectivity index (χ3n) is 1.80. The Bertz CT molecular complexity index is 395. The van der Waals surface area contributed by atoms with Crippen molar-refractivity contribution in [2.24, 2.45) is 0 Å². The second-order valence-electron chi connectivity index (χ2n) is 3.16. The normalized spacial score (nSPS) is 9.81. The quantitative estimate of drug-likeness (QED) is 0.774. The van der Waals surface area contributed by atoms with Crippen molar-refractivity contribution in [1.29, 1.82) is 0 Å². The van der Waals surface area contributed by atoms with Crippen molar-refractivity contribution in [1.82, 2.24) is 4.98 Å². The number of carboxylic acids is 1. The fourth-order valence-corrected chi connectivity index (χ4v) is 1.28. The van der Waals surface area contributed by atoms with Gasteiger partial charge in [-0.3, -0.25) is 9.59 Å². The highest BCUT2D eigenvalue weighted by Crippen LogP contribution is 2.12. The van der Waals surface area contributed by atoms with Crippen LogP contribution in [0.5, 0.6) is 0 Å². The van der Waals surface area contributed by atoms with Gasteiger partial charge in [0.05, 0.1) is 0 Å². The molecule has 0 fully saturated rings. The number of nitrogens with one attached hydrogen (secondary N) is 1. The van der Waals surface area contributed by atoms with Crippen LogP contribution in [0.25, 0.3) is 0 Å². The van der Waals surface area contributed by atoms with E-state index >= 15 is 0 Å². The van der Waals surface area contributed by atoms with Gasteiger partial charge in [0.15, 0.2) is 0 Å². The highest BCUT2D eigenvalue weighted by molar-refractivity contribution is 6.29. The molecule has 86 valence electrons. The molecule has 5 nitrogen and oxygen atoms in total. The minimum Gasteiger partial charge on any atom is -0.481 e. The van der Waals surface area contributed by atoms with Crippen molar-refractivity contribution in [2.75, 3.05) is 5.32 Å². The molecule has 0 aliphatic rings. The summed E-state index contributed by atoms with van der Waals surface area (Å²) in [5.74, 6) is -1.14. The molecule has 1 amide bonds. The first kappa shape index (κ1) is 12.4. The molecule has 0 atom stereocenters. The van der Waals surface area contributed by atoms with Gasteiger partial charge in [-0.2, -0.15) is 0 Å². The molecule has 0 aromatic carbocycles. The number of nitrogens with zero attached hydrogens (tertiary/aromatic N) is 1. The van der Waals surface area contributed by atoms with Crippen molar-refractivity contribution < 1.29 is 14.7 Å². The van der Waals surface area contributed by atoms with E-state index < -0.39 is 5.97 Å². The van der Waals surface area contributed by atoms with E-state index in [4.69, 9.17) is 16.7 Å². The van der Waals surface area contributed by atoms with E-state index in [1.807, 2.05) is 0 Å². The smallest absolute Gasteiger partial charge is 0.303 e. The summed E-state index contributed by atoms with van der Waals surface area (Å²) in [6.07, 6.45) is 1.96. The molecule has 16 heavy (non-hydrogen) atoms. The van der Waals surface area contributed by atoms with Crippen LogP contribution in [0.3, 0.4) is 0 Å².